The SMILES string of the molecule is NC(=O)c1ccc(-c2ccc(C(=O)N3CCCC(C(=O)N4CCCCC4)C3)cc2)n2n[c]nc12. The topological polar surface area (TPSA) is 114 Å². The number of benzene rings is 1. The highest BCUT2D eigenvalue weighted by Gasteiger charge is 2.32. The summed E-state index contributed by atoms with van der Waals surface area (Å²) in [7, 11) is 0. The average molecular weight is 460 g/mol. The third kappa shape index (κ3) is 4.13. The molecule has 1 aromatic carbocycles. The van der Waals surface area contributed by atoms with Crippen molar-refractivity contribution in [1.82, 2.24) is 24.4 Å². The number of amides is 3. The van der Waals surface area contributed by atoms with Crippen LogP contribution in [0.4, 0.5) is 0 Å². The minimum absolute atomic E-state index is 0.0639. The second-order valence-electron chi connectivity index (χ2n) is 9.00. The van der Waals surface area contributed by atoms with Crippen LogP contribution in [0.1, 0.15) is 52.8 Å². The quantitative estimate of drug-likeness (QED) is 0.642. The van der Waals surface area contributed by atoms with Gasteiger partial charge in [0.05, 0.1) is 17.2 Å². The fourth-order valence-corrected chi connectivity index (χ4v) is 4.97. The van der Waals surface area contributed by atoms with Gasteiger partial charge in [0.2, 0.25) is 12.2 Å². The van der Waals surface area contributed by atoms with Crippen molar-refractivity contribution in [2.24, 2.45) is 11.7 Å². The van der Waals surface area contributed by atoms with Crippen LogP contribution >= 0.6 is 0 Å². The molecule has 5 rings (SSSR count). The molecule has 2 N–H and O–H groups in total. The van der Waals surface area contributed by atoms with E-state index in [1.54, 1.807) is 29.2 Å². The number of nitrogens with two attached hydrogens (primary N) is 1. The molecule has 9 heteroatoms. The molecular weight excluding hydrogens is 432 g/mol. The molecule has 3 amide bonds. The first kappa shape index (κ1) is 22.1. The van der Waals surface area contributed by atoms with Gasteiger partial charge in [-0.15, -0.1) is 5.10 Å². The summed E-state index contributed by atoms with van der Waals surface area (Å²) in [5.41, 5.74) is 8.12. The highest BCUT2D eigenvalue weighted by Crippen LogP contribution is 2.25. The van der Waals surface area contributed by atoms with Crippen LogP contribution in [0, 0.1) is 12.2 Å². The van der Waals surface area contributed by atoms with Crippen molar-refractivity contribution in [1.29, 1.82) is 0 Å². The Morgan fingerprint density at radius 1 is 0.912 bits per heavy atom. The fraction of sp³-hybridized carbons (Fsp3) is 0.400. The predicted molar refractivity (Wildman–Crippen MR) is 125 cm³/mol. The van der Waals surface area contributed by atoms with Gasteiger partial charge >= 0.3 is 0 Å². The summed E-state index contributed by atoms with van der Waals surface area (Å²) < 4.78 is 1.51. The molecule has 0 aliphatic carbocycles. The van der Waals surface area contributed by atoms with Crippen LogP contribution < -0.4 is 5.73 Å². The number of pyridine rings is 1. The number of carbonyl (C=O) groups excluding carboxylic acids is 3. The molecule has 0 bridgehead atoms. The Bertz CT molecular complexity index is 1230. The molecule has 175 valence electrons. The van der Waals surface area contributed by atoms with Crippen LogP contribution in [0.3, 0.4) is 0 Å². The van der Waals surface area contributed by atoms with E-state index in [9.17, 15) is 14.4 Å². The summed E-state index contributed by atoms with van der Waals surface area (Å²) in [6, 6.07) is 10.6. The second kappa shape index (κ2) is 9.24. The lowest BCUT2D eigenvalue weighted by atomic mass is 9.95. The first-order chi connectivity index (χ1) is 16.5. The number of primary amides is 1. The van der Waals surface area contributed by atoms with E-state index in [-0.39, 0.29) is 23.3 Å². The van der Waals surface area contributed by atoms with E-state index in [0.29, 0.717) is 30.0 Å². The van der Waals surface area contributed by atoms with Crippen molar-refractivity contribution in [3.63, 3.8) is 0 Å². The number of piperidine rings is 2. The normalized spacial score (nSPS) is 18.8. The third-order valence-corrected chi connectivity index (χ3v) is 6.80. The molecule has 2 aromatic heterocycles. The van der Waals surface area contributed by atoms with Crippen LogP contribution in [0.2, 0.25) is 0 Å². The second-order valence-corrected chi connectivity index (χ2v) is 9.00. The fourth-order valence-electron chi connectivity index (χ4n) is 4.97. The minimum atomic E-state index is -0.586. The van der Waals surface area contributed by atoms with Gasteiger partial charge in [-0.3, -0.25) is 14.4 Å². The molecule has 0 saturated carbocycles. The lowest BCUT2D eigenvalue weighted by molar-refractivity contribution is -0.137. The molecule has 1 unspecified atom stereocenters. The maximum Gasteiger partial charge on any atom is 0.253 e. The Kier molecular flexibility index (Phi) is 6.00. The molecule has 2 saturated heterocycles. The molecule has 2 fully saturated rings. The van der Waals surface area contributed by atoms with Gasteiger partial charge in [0.1, 0.15) is 0 Å². The molecule has 2 aliphatic rings. The van der Waals surface area contributed by atoms with Gasteiger partial charge in [0, 0.05) is 37.3 Å². The van der Waals surface area contributed by atoms with E-state index in [4.69, 9.17) is 5.73 Å². The highest BCUT2D eigenvalue weighted by atomic mass is 16.2. The molecule has 0 spiro atoms. The first-order valence-corrected chi connectivity index (χ1v) is 11.8. The van der Waals surface area contributed by atoms with Crippen molar-refractivity contribution >= 4 is 23.4 Å². The number of fused-ring (bicyclic) bond motifs is 1. The van der Waals surface area contributed by atoms with E-state index in [1.807, 2.05) is 17.0 Å². The van der Waals surface area contributed by atoms with Gasteiger partial charge in [-0.25, -0.2) is 9.50 Å². The molecule has 1 radical (unpaired) electrons. The molecular formula is C25H27N6O3. The van der Waals surface area contributed by atoms with Crippen LogP contribution in [-0.4, -0.2) is 68.3 Å². The van der Waals surface area contributed by atoms with Gasteiger partial charge < -0.3 is 15.5 Å². The zero-order chi connectivity index (χ0) is 23.7. The number of nitrogens with zero attached hydrogens (tertiary/aromatic N) is 5. The van der Waals surface area contributed by atoms with Crippen molar-refractivity contribution in [2.45, 2.75) is 32.1 Å². The van der Waals surface area contributed by atoms with Gasteiger partial charge in [-0.2, -0.15) is 0 Å². The zero-order valence-electron chi connectivity index (χ0n) is 18.9. The monoisotopic (exact) mass is 459 g/mol. The molecule has 1 atom stereocenters. The molecule has 3 aromatic rings. The third-order valence-electron chi connectivity index (χ3n) is 6.80. The van der Waals surface area contributed by atoms with E-state index >= 15 is 0 Å². The van der Waals surface area contributed by atoms with Crippen LogP contribution in [0.25, 0.3) is 16.9 Å². The van der Waals surface area contributed by atoms with Crippen molar-refractivity contribution < 1.29 is 14.4 Å². The maximum absolute atomic E-state index is 13.2. The van der Waals surface area contributed by atoms with Crippen LogP contribution in [-0.2, 0) is 4.79 Å². The Labute approximate surface area is 197 Å². The summed E-state index contributed by atoms with van der Waals surface area (Å²) in [6.07, 6.45) is 7.51. The Morgan fingerprint density at radius 3 is 2.38 bits per heavy atom. The lowest BCUT2D eigenvalue weighted by Crippen LogP contribution is -2.47. The maximum atomic E-state index is 13.2. The Morgan fingerprint density at radius 2 is 1.65 bits per heavy atom. The lowest BCUT2D eigenvalue weighted by Gasteiger charge is -2.36. The summed E-state index contributed by atoms with van der Waals surface area (Å²) in [5, 5.41) is 4.09. The van der Waals surface area contributed by atoms with Crippen molar-refractivity contribution in [3.8, 4) is 11.3 Å². The summed E-state index contributed by atoms with van der Waals surface area (Å²) in [4.78, 5) is 45.6. The van der Waals surface area contributed by atoms with Crippen molar-refractivity contribution in [2.75, 3.05) is 26.2 Å². The Hall–Kier alpha value is -3.75. The average Bonchev–Trinajstić information content (AvgIpc) is 3.38. The molecule has 9 nitrogen and oxygen atoms in total. The molecule has 34 heavy (non-hydrogen) atoms. The number of likely N-dealkylation sites (tertiary alicyclic amines) is 2. The van der Waals surface area contributed by atoms with E-state index < -0.39 is 5.91 Å². The number of aromatic nitrogens is 3. The highest BCUT2D eigenvalue weighted by molar-refractivity contribution is 5.99. The number of hydrogen-bond acceptors (Lipinski definition) is 5. The predicted octanol–water partition coefficient (Wildman–Crippen LogP) is 2.16. The van der Waals surface area contributed by atoms with E-state index in [0.717, 1.165) is 44.3 Å². The number of carbonyl (C=O) groups is 3. The van der Waals surface area contributed by atoms with Crippen molar-refractivity contribution in [3.05, 3.63) is 53.9 Å². The van der Waals surface area contributed by atoms with Gasteiger partial charge in [-0.05, 0) is 56.4 Å². The van der Waals surface area contributed by atoms with Crippen LogP contribution in [0.15, 0.2) is 36.4 Å². The van der Waals surface area contributed by atoms with E-state index in [1.165, 1.54) is 10.9 Å². The van der Waals surface area contributed by atoms with Gasteiger partial charge in [0.25, 0.3) is 11.8 Å². The molecule has 4 heterocycles. The number of hydrogen-bond donors (Lipinski definition) is 1. The van der Waals surface area contributed by atoms with Crippen LogP contribution in [0.5, 0.6) is 0 Å². The standard InChI is InChI=1S/C25H27N6O3/c26-22(32)20-10-11-21(31-23(20)27-16-28-31)17-6-8-18(9-7-17)24(33)30-14-4-5-19(15-30)25(34)29-12-2-1-3-13-29/h6-11,19H,1-5,12-15H2,(H2,26,32). The van der Waals surface area contributed by atoms with E-state index in [2.05, 4.69) is 16.4 Å². The smallest absolute Gasteiger partial charge is 0.253 e. The summed E-state index contributed by atoms with van der Waals surface area (Å²) in [5.74, 6) is -0.570. The van der Waals surface area contributed by atoms with Gasteiger partial charge in [-0.1, -0.05) is 12.1 Å². The minimum Gasteiger partial charge on any atom is -0.365 e. The molecule has 2 aliphatic heterocycles. The Balaban J connectivity index is 1.32. The summed E-state index contributed by atoms with van der Waals surface area (Å²) in [6.45, 7) is 2.80. The zero-order valence-corrected chi connectivity index (χ0v) is 18.9. The largest absolute Gasteiger partial charge is 0.365 e. The summed E-state index contributed by atoms with van der Waals surface area (Å²) >= 11 is 0. The number of rotatable bonds is 4. The van der Waals surface area contributed by atoms with Gasteiger partial charge in [0.15, 0.2) is 5.65 Å². The first-order valence-electron chi connectivity index (χ1n) is 11.8.